The highest BCUT2D eigenvalue weighted by molar-refractivity contribution is 6.06. The molecule has 8 nitrogen and oxygen atoms in total. The summed E-state index contributed by atoms with van der Waals surface area (Å²) in [6.45, 7) is 2.13. The molecule has 8 heteroatoms. The number of hydrogen-bond acceptors (Lipinski definition) is 5. The first-order valence-corrected chi connectivity index (χ1v) is 8.46. The molecule has 2 aromatic carbocycles. The van der Waals surface area contributed by atoms with Crippen LogP contribution in [0.5, 0.6) is 5.75 Å². The zero-order chi connectivity index (χ0) is 19.6. The Bertz CT molecular complexity index is 926. The molecule has 0 unspecified atom stereocenters. The monoisotopic (exact) mass is 369 g/mol. The first kappa shape index (κ1) is 18.4. The van der Waals surface area contributed by atoms with Crippen LogP contribution < -0.4 is 15.0 Å². The van der Waals surface area contributed by atoms with Gasteiger partial charge in [-0.05, 0) is 37.6 Å². The van der Waals surface area contributed by atoms with Gasteiger partial charge < -0.3 is 15.0 Å². The summed E-state index contributed by atoms with van der Waals surface area (Å²) in [5, 5.41) is 13.8. The SMILES string of the molecule is COc1ccc(NC(=O)c2cccc([N+](=O)[O-])c2C)cc1N1CCCC1=O. The number of nitro groups is 1. The molecule has 0 radical (unpaired) electrons. The van der Waals surface area contributed by atoms with Crippen LogP contribution in [0.15, 0.2) is 36.4 Å². The number of hydrogen-bond donors (Lipinski definition) is 1. The second-order valence-corrected chi connectivity index (χ2v) is 6.20. The first-order valence-electron chi connectivity index (χ1n) is 8.46. The predicted octanol–water partition coefficient (Wildman–Crippen LogP) is 3.29. The average molecular weight is 369 g/mol. The van der Waals surface area contributed by atoms with E-state index in [2.05, 4.69) is 5.32 Å². The maximum atomic E-state index is 12.6. The zero-order valence-electron chi connectivity index (χ0n) is 15.0. The molecule has 1 aliphatic rings. The molecule has 1 aliphatic heterocycles. The molecule has 2 aromatic rings. The summed E-state index contributed by atoms with van der Waals surface area (Å²) in [7, 11) is 1.52. The smallest absolute Gasteiger partial charge is 0.273 e. The van der Waals surface area contributed by atoms with Crippen LogP contribution in [0.25, 0.3) is 0 Å². The molecule has 0 spiro atoms. The summed E-state index contributed by atoms with van der Waals surface area (Å²) >= 11 is 0. The van der Waals surface area contributed by atoms with E-state index < -0.39 is 10.8 Å². The fraction of sp³-hybridized carbons (Fsp3) is 0.263. The molecular weight excluding hydrogens is 350 g/mol. The number of carbonyl (C=O) groups excluding carboxylic acids is 2. The number of amides is 2. The van der Waals surface area contributed by atoms with Crippen LogP contribution in [-0.2, 0) is 4.79 Å². The Balaban J connectivity index is 1.90. The Hall–Kier alpha value is -3.42. The fourth-order valence-corrected chi connectivity index (χ4v) is 3.15. The lowest BCUT2D eigenvalue weighted by Crippen LogP contribution is -2.24. The molecule has 3 rings (SSSR count). The van der Waals surface area contributed by atoms with Crippen LogP contribution >= 0.6 is 0 Å². The molecule has 0 atom stereocenters. The molecule has 0 bridgehead atoms. The van der Waals surface area contributed by atoms with Gasteiger partial charge in [0.2, 0.25) is 5.91 Å². The van der Waals surface area contributed by atoms with E-state index in [1.165, 1.54) is 32.2 Å². The van der Waals surface area contributed by atoms with Crippen LogP contribution in [0.3, 0.4) is 0 Å². The van der Waals surface area contributed by atoms with Crippen LogP contribution in [-0.4, -0.2) is 30.4 Å². The third-order valence-corrected chi connectivity index (χ3v) is 4.55. The van der Waals surface area contributed by atoms with Crippen molar-refractivity contribution in [3.8, 4) is 5.75 Å². The molecule has 1 fully saturated rings. The normalized spacial score (nSPS) is 13.6. The summed E-state index contributed by atoms with van der Waals surface area (Å²) in [6.07, 6.45) is 1.25. The van der Waals surface area contributed by atoms with Gasteiger partial charge in [0.15, 0.2) is 0 Å². The lowest BCUT2D eigenvalue weighted by Gasteiger charge is -2.20. The van der Waals surface area contributed by atoms with Crippen molar-refractivity contribution in [2.45, 2.75) is 19.8 Å². The van der Waals surface area contributed by atoms with Gasteiger partial charge in [-0.2, -0.15) is 0 Å². The Morgan fingerprint density at radius 2 is 2.07 bits per heavy atom. The fourth-order valence-electron chi connectivity index (χ4n) is 3.15. The second-order valence-electron chi connectivity index (χ2n) is 6.20. The van der Waals surface area contributed by atoms with Gasteiger partial charge in [-0.3, -0.25) is 19.7 Å². The van der Waals surface area contributed by atoms with Crippen molar-refractivity contribution in [1.29, 1.82) is 0 Å². The summed E-state index contributed by atoms with van der Waals surface area (Å²) in [6, 6.07) is 9.38. The highest BCUT2D eigenvalue weighted by Crippen LogP contribution is 2.34. The molecule has 27 heavy (non-hydrogen) atoms. The van der Waals surface area contributed by atoms with Gasteiger partial charge in [0.25, 0.3) is 11.6 Å². The molecule has 1 heterocycles. The summed E-state index contributed by atoms with van der Waals surface area (Å²) in [4.78, 5) is 36.9. The van der Waals surface area contributed by atoms with E-state index in [0.29, 0.717) is 35.7 Å². The van der Waals surface area contributed by atoms with E-state index >= 15 is 0 Å². The predicted molar refractivity (Wildman–Crippen MR) is 100 cm³/mol. The van der Waals surface area contributed by atoms with Crippen molar-refractivity contribution >= 4 is 28.9 Å². The Kier molecular flexibility index (Phi) is 5.07. The lowest BCUT2D eigenvalue weighted by atomic mass is 10.1. The number of benzene rings is 2. The van der Waals surface area contributed by atoms with E-state index in [4.69, 9.17) is 4.74 Å². The van der Waals surface area contributed by atoms with Crippen LogP contribution in [0.1, 0.15) is 28.8 Å². The third-order valence-electron chi connectivity index (χ3n) is 4.55. The highest BCUT2D eigenvalue weighted by Gasteiger charge is 2.25. The van der Waals surface area contributed by atoms with Crippen molar-refractivity contribution in [1.82, 2.24) is 0 Å². The second kappa shape index (κ2) is 7.45. The molecular formula is C19H19N3O5. The first-order chi connectivity index (χ1) is 12.9. The van der Waals surface area contributed by atoms with E-state index in [-0.39, 0.29) is 17.2 Å². The van der Waals surface area contributed by atoms with E-state index in [0.717, 1.165) is 6.42 Å². The van der Waals surface area contributed by atoms with Crippen molar-refractivity contribution < 1.29 is 19.2 Å². The van der Waals surface area contributed by atoms with Crippen LogP contribution in [0.4, 0.5) is 17.1 Å². The maximum absolute atomic E-state index is 12.6. The lowest BCUT2D eigenvalue weighted by molar-refractivity contribution is -0.385. The van der Waals surface area contributed by atoms with Crippen molar-refractivity contribution in [3.05, 3.63) is 57.6 Å². The Morgan fingerprint density at radius 1 is 1.30 bits per heavy atom. The van der Waals surface area contributed by atoms with E-state index in [1.807, 2.05) is 0 Å². The summed E-state index contributed by atoms with van der Waals surface area (Å²) in [5.74, 6) is 0.0844. The van der Waals surface area contributed by atoms with Gasteiger partial charge in [-0.15, -0.1) is 0 Å². The van der Waals surface area contributed by atoms with Crippen molar-refractivity contribution in [2.75, 3.05) is 23.9 Å². The quantitative estimate of drug-likeness (QED) is 0.644. The van der Waals surface area contributed by atoms with Crippen molar-refractivity contribution in [2.24, 2.45) is 0 Å². The molecule has 0 aromatic heterocycles. The van der Waals surface area contributed by atoms with Gasteiger partial charge in [0, 0.05) is 35.8 Å². The van der Waals surface area contributed by atoms with Gasteiger partial charge in [0.05, 0.1) is 17.7 Å². The largest absolute Gasteiger partial charge is 0.495 e. The summed E-state index contributed by atoms with van der Waals surface area (Å²) in [5.41, 5.74) is 1.47. The molecule has 1 saturated heterocycles. The number of methoxy groups -OCH3 is 1. The van der Waals surface area contributed by atoms with Gasteiger partial charge in [-0.1, -0.05) is 6.07 Å². The number of nitro benzene ring substituents is 1. The van der Waals surface area contributed by atoms with Gasteiger partial charge in [0.1, 0.15) is 5.75 Å². The Morgan fingerprint density at radius 3 is 2.70 bits per heavy atom. The number of ether oxygens (including phenoxy) is 1. The average Bonchev–Trinajstić information content (AvgIpc) is 3.07. The van der Waals surface area contributed by atoms with Gasteiger partial charge in [-0.25, -0.2) is 0 Å². The maximum Gasteiger partial charge on any atom is 0.273 e. The van der Waals surface area contributed by atoms with Crippen molar-refractivity contribution in [3.63, 3.8) is 0 Å². The minimum absolute atomic E-state index is 0.00584. The number of anilines is 2. The zero-order valence-corrected chi connectivity index (χ0v) is 15.0. The van der Waals surface area contributed by atoms with Gasteiger partial charge >= 0.3 is 0 Å². The van der Waals surface area contributed by atoms with Crippen LogP contribution in [0.2, 0.25) is 0 Å². The number of carbonyl (C=O) groups is 2. The highest BCUT2D eigenvalue weighted by atomic mass is 16.6. The minimum Gasteiger partial charge on any atom is -0.495 e. The molecule has 1 N–H and O–H groups in total. The standard InChI is InChI=1S/C19H19N3O5/c1-12-14(5-3-6-15(12)22(25)26)19(24)20-13-8-9-17(27-2)16(11-13)21-10-4-7-18(21)23/h3,5-6,8-9,11H,4,7,10H2,1-2H3,(H,20,24). The molecule has 2 amide bonds. The van der Waals surface area contributed by atoms with E-state index in [1.54, 1.807) is 23.1 Å². The number of rotatable bonds is 5. The number of nitrogens with one attached hydrogen (secondary N) is 1. The van der Waals surface area contributed by atoms with Crippen LogP contribution in [0, 0.1) is 17.0 Å². The number of nitrogens with zero attached hydrogens (tertiary/aromatic N) is 2. The Labute approximate surface area is 155 Å². The molecule has 0 saturated carbocycles. The molecule has 140 valence electrons. The molecule has 0 aliphatic carbocycles. The minimum atomic E-state index is -0.517. The third kappa shape index (κ3) is 3.59. The summed E-state index contributed by atoms with van der Waals surface area (Å²) < 4.78 is 5.33. The van der Waals surface area contributed by atoms with E-state index in [9.17, 15) is 19.7 Å². The topological polar surface area (TPSA) is 102 Å².